The van der Waals surface area contributed by atoms with E-state index in [0.717, 1.165) is 17.9 Å². The number of hydrogen-bond donors (Lipinski definition) is 2. The van der Waals surface area contributed by atoms with Gasteiger partial charge in [0.15, 0.2) is 0 Å². The van der Waals surface area contributed by atoms with Crippen molar-refractivity contribution in [1.29, 1.82) is 0 Å². The first-order valence-corrected chi connectivity index (χ1v) is 9.68. The number of rotatable bonds is 6. The van der Waals surface area contributed by atoms with Crippen LogP contribution in [0.2, 0.25) is 0 Å². The van der Waals surface area contributed by atoms with Crippen LogP contribution < -0.4 is 11.1 Å². The van der Waals surface area contributed by atoms with Crippen LogP contribution in [0.4, 0.5) is 4.79 Å². The number of nitrogens with one attached hydrogen (secondary N) is 1. The van der Waals surface area contributed by atoms with Crippen molar-refractivity contribution >= 4 is 23.8 Å². The molecule has 3 N–H and O–H groups in total. The van der Waals surface area contributed by atoms with E-state index in [1.807, 2.05) is 30.3 Å². The number of imide groups is 1. The van der Waals surface area contributed by atoms with Crippen LogP contribution in [-0.2, 0) is 20.8 Å². The lowest BCUT2D eigenvalue weighted by molar-refractivity contribution is -0.145. The van der Waals surface area contributed by atoms with Crippen molar-refractivity contribution < 1.29 is 19.2 Å². The number of nitrogens with zero attached hydrogens (tertiary/aromatic N) is 3. The highest BCUT2D eigenvalue weighted by molar-refractivity contribution is 6.08. The van der Waals surface area contributed by atoms with Crippen molar-refractivity contribution in [2.45, 2.75) is 31.8 Å². The molecule has 1 aromatic carbocycles. The molecule has 5 amide bonds. The zero-order valence-corrected chi connectivity index (χ0v) is 16.8. The highest BCUT2D eigenvalue weighted by Crippen LogP contribution is 2.18. The van der Waals surface area contributed by atoms with Gasteiger partial charge in [0, 0.05) is 26.2 Å². The van der Waals surface area contributed by atoms with Crippen LogP contribution in [0.1, 0.15) is 19.4 Å². The molecule has 0 radical (unpaired) electrons. The van der Waals surface area contributed by atoms with Crippen LogP contribution in [0.5, 0.6) is 0 Å². The quantitative estimate of drug-likeness (QED) is 0.627. The summed E-state index contributed by atoms with van der Waals surface area (Å²) in [7, 11) is 0. The summed E-state index contributed by atoms with van der Waals surface area (Å²) in [5, 5.41) is 2.54. The van der Waals surface area contributed by atoms with E-state index in [0.29, 0.717) is 19.6 Å². The van der Waals surface area contributed by atoms with Crippen LogP contribution in [0.3, 0.4) is 0 Å². The second-order valence-corrected chi connectivity index (χ2v) is 7.99. The zero-order chi connectivity index (χ0) is 21.2. The van der Waals surface area contributed by atoms with Crippen molar-refractivity contribution in [3.8, 4) is 0 Å². The van der Waals surface area contributed by atoms with E-state index in [-0.39, 0.29) is 0 Å². The predicted octanol–water partition coefficient (Wildman–Crippen LogP) is -0.442. The number of piperazine rings is 1. The van der Waals surface area contributed by atoms with Gasteiger partial charge in [0.1, 0.15) is 18.1 Å². The van der Waals surface area contributed by atoms with Crippen molar-refractivity contribution in [2.75, 3.05) is 32.7 Å². The molecule has 2 aliphatic rings. The van der Waals surface area contributed by atoms with Gasteiger partial charge in [0.25, 0.3) is 5.91 Å². The van der Waals surface area contributed by atoms with Crippen LogP contribution >= 0.6 is 0 Å². The molecule has 0 saturated carbocycles. The number of amides is 5. The first kappa shape index (κ1) is 20.8. The summed E-state index contributed by atoms with van der Waals surface area (Å²) in [5.41, 5.74) is 5.70. The van der Waals surface area contributed by atoms with Crippen LogP contribution in [0.25, 0.3) is 0 Å². The summed E-state index contributed by atoms with van der Waals surface area (Å²) in [4.78, 5) is 53.5. The minimum absolute atomic E-state index is 0.314. The molecule has 2 aliphatic heterocycles. The Labute approximate surface area is 169 Å². The lowest BCUT2D eigenvalue weighted by atomic mass is 10.1. The zero-order valence-electron chi connectivity index (χ0n) is 16.8. The molecule has 1 unspecified atom stereocenters. The molecular weight excluding hydrogens is 374 g/mol. The Kier molecular flexibility index (Phi) is 5.88. The van der Waals surface area contributed by atoms with E-state index in [1.54, 1.807) is 13.8 Å². The molecule has 0 spiro atoms. The van der Waals surface area contributed by atoms with Crippen molar-refractivity contribution in [3.05, 3.63) is 35.9 Å². The molecule has 156 valence electrons. The minimum Gasteiger partial charge on any atom is -0.368 e. The number of carbonyl (C=O) groups excluding carboxylic acids is 4. The summed E-state index contributed by atoms with van der Waals surface area (Å²) in [6.07, 6.45) is 0.831. The first-order valence-electron chi connectivity index (χ1n) is 9.68. The standard InChI is InChI=1S/C20H27N5O4/c1-20(2)18(28)25(19(29)22-20)13-16(26)24-11-10-23(12-15(24)17(21)27)9-8-14-6-4-3-5-7-14/h3-7,15H,8-13H2,1-2H3,(H2,21,27)(H,22,29). The van der Waals surface area contributed by atoms with Gasteiger partial charge in [-0.3, -0.25) is 24.2 Å². The van der Waals surface area contributed by atoms with E-state index in [2.05, 4.69) is 10.2 Å². The summed E-state index contributed by atoms with van der Waals surface area (Å²) in [5.74, 6) is -1.52. The highest BCUT2D eigenvalue weighted by Gasteiger charge is 2.46. The molecule has 9 heteroatoms. The fourth-order valence-corrected chi connectivity index (χ4v) is 3.70. The second-order valence-electron chi connectivity index (χ2n) is 7.99. The van der Waals surface area contributed by atoms with Gasteiger partial charge in [-0.1, -0.05) is 30.3 Å². The molecule has 3 rings (SSSR count). The fraction of sp³-hybridized carbons (Fsp3) is 0.500. The Hall–Kier alpha value is -2.94. The lowest BCUT2D eigenvalue weighted by Crippen LogP contribution is -2.61. The van der Waals surface area contributed by atoms with Gasteiger partial charge < -0.3 is 16.0 Å². The molecule has 2 saturated heterocycles. The van der Waals surface area contributed by atoms with E-state index in [9.17, 15) is 19.2 Å². The fourth-order valence-electron chi connectivity index (χ4n) is 3.70. The van der Waals surface area contributed by atoms with Gasteiger partial charge in [-0.25, -0.2) is 4.79 Å². The van der Waals surface area contributed by atoms with E-state index >= 15 is 0 Å². The number of nitrogens with two attached hydrogens (primary N) is 1. The largest absolute Gasteiger partial charge is 0.368 e. The van der Waals surface area contributed by atoms with Gasteiger partial charge in [-0.05, 0) is 25.8 Å². The van der Waals surface area contributed by atoms with Crippen molar-refractivity contribution in [2.24, 2.45) is 5.73 Å². The molecule has 1 aromatic rings. The minimum atomic E-state index is -1.05. The molecule has 9 nitrogen and oxygen atoms in total. The summed E-state index contributed by atoms with van der Waals surface area (Å²) >= 11 is 0. The second kappa shape index (κ2) is 8.20. The molecule has 0 bridgehead atoms. The molecule has 1 atom stereocenters. The summed E-state index contributed by atoms with van der Waals surface area (Å²) in [6.45, 7) is 4.74. The van der Waals surface area contributed by atoms with Crippen molar-refractivity contribution in [3.63, 3.8) is 0 Å². The molecule has 2 heterocycles. The Balaban J connectivity index is 1.61. The number of carbonyl (C=O) groups is 4. The molecule has 0 aliphatic carbocycles. The Morgan fingerprint density at radius 3 is 2.45 bits per heavy atom. The average Bonchev–Trinajstić information content (AvgIpc) is 2.88. The number of benzene rings is 1. The predicted molar refractivity (Wildman–Crippen MR) is 106 cm³/mol. The molecule has 29 heavy (non-hydrogen) atoms. The topological polar surface area (TPSA) is 116 Å². The third kappa shape index (κ3) is 4.56. The third-order valence-electron chi connectivity index (χ3n) is 5.41. The van der Waals surface area contributed by atoms with Crippen molar-refractivity contribution in [1.82, 2.24) is 20.0 Å². The number of primary amides is 1. The summed E-state index contributed by atoms with van der Waals surface area (Å²) < 4.78 is 0. The van der Waals surface area contributed by atoms with Gasteiger partial charge in [-0.15, -0.1) is 0 Å². The smallest absolute Gasteiger partial charge is 0.325 e. The summed E-state index contributed by atoms with van der Waals surface area (Å²) in [6, 6.07) is 8.62. The highest BCUT2D eigenvalue weighted by atomic mass is 16.2. The average molecular weight is 401 g/mol. The maximum atomic E-state index is 12.8. The van der Waals surface area contributed by atoms with Crippen LogP contribution in [0.15, 0.2) is 30.3 Å². The third-order valence-corrected chi connectivity index (χ3v) is 5.41. The lowest BCUT2D eigenvalue weighted by Gasteiger charge is -2.40. The first-order chi connectivity index (χ1) is 13.7. The van der Waals surface area contributed by atoms with Gasteiger partial charge in [0.05, 0.1) is 0 Å². The Morgan fingerprint density at radius 2 is 1.86 bits per heavy atom. The van der Waals surface area contributed by atoms with E-state index in [4.69, 9.17) is 5.73 Å². The SMILES string of the molecule is CC1(C)NC(=O)N(CC(=O)N2CCN(CCc3ccccc3)CC2C(N)=O)C1=O. The van der Waals surface area contributed by atoms with Crippen LogP contribution in [0, 0.1) is 0 Å². The van der Waals surface area contributed by atoms with E-state index in [1.165, 1.54) is 10.5 Å². The number of hydrogen-bond acceptors (Lipinski definition) is 5. The Morgan fingerprint density at radius 1 is 1.17 bits per heavy atom. The van der Waals surface area contributed by atoms with Crippen LogP contribution in [-0.4, -0.2) is 82.8 Å². The molecule has 0 aromatic heterocycles. The molecular formula is C20H27N5O4. The number of urea groups is 1. The van der Waals surface area contributed by atoms with Gasteiger partial charge in [-0.2, -0.15) is 0 Å². The normalized spacial score (nSPS) is 21.9. The molecule has 2 fully saturated rings. The maximum Gasteiger partial charge on any atom is 0.325 e. The Bertz CT molecular complexity index is 810. The van der Waals surface area contributed by atoms with Gasteiger partial charge >= 0.3 is 6.03 Å². The maximum absolute atomic E-state index is 12.8. The monoisotopic (exact) mass is 401 g/mol. The van der Waals surface area contributed by atoms with E-state index < -0.39 is 41.9 Å². The van der Waals surface area contributed by atoms with Gasteiger partial charge in [0.2, 0.25) is 11.8 Å².